The largest absolute Gasteiger partial charge is 0.497 e. The number of nitrogens with zero attached hydrogens (tertiary/aromatic N) is 4. The number of carbonyl (C=O) groups excluding carboxylic acids is 1. The van der Waals surface area contributed by atoms with Crippen molar-refractivity contribution in [2.75, 3.05) is 19.9 Å². The summed E-state index contributed by atoms with van der Waals surface area (Å²) in [5.74, 6) is 1.04. The molecule has 1 heterocycles. The molecule has 1 aromatic heterocycles. The summed E-state index contributed by atoms with van der Waals surface area (Å²) in [4.78, 5) is 11.2. The van der Waals surface area contributed by atoms with Gasteiger partial charge >= 0.3 is 0 Å². The Balaban J connectivity index is 2.02. The van der Waals surface area contributed by atoms with Gasteiger partial charge in [0.1, 0.15) is 5.75 Å². The number of benzene rings is 1. The number of hydrogen-bond acceptors (Lipinski definition) is 6. The van der Waals surface area contributed by atoms with Crippen LogP contribution in [0, 0.1) is 0 Å². The van der Waals surface area contributed by atoms with Crippen LogP contribution in [0.3, 0.4) is 0 Å². The average Bonchev–Trinajstić information content (AvgIpc) is 2.92. The second kappa shape index (κ2) is 6.90. The lowest BCUT2D eigenvalue weighted by Crippen LogP contribution is -2.20. The summed E-state index contributed by atoms with van der Waals surface area (Å²) >= 11 is 1.30. The molecule has 0 aliphatic heterocycles. The highest BCUT2D eigenvalue weighted by atomic mass is 32.2. The molecule has 0 saturated heterocycles. The molecule has 106 valence electrons. The van der Waals surface area contributed by atoms with Gasteiger partial charge < -0.3 is 10.1 Å². The van der Waals surface area contributed by atoms with Crippen LogP contribution in [0.5, 0.6) is 5.75 Å². The molecule has 8 heteroatoms. The number of aromatic nitrogens is 4. The van der Waals surface area contributed by atoms with E-state index in [0.717, 1.165) is 11.3 Å². The summed E-state index contributed by atoms with van der Waals surface area (Å²) in [6, 6.07) is 7.68. The zero-order chi connectivity index (χ0) is 14.4. The number of carbonyl (C=O) groups is 1. The highest BCUT2D eigenvalue weighted by molar-refractivity contribution is 7.99. The molecule has 1 aromatic carbocycles. The predicted octanol–water partition coefficient (Wildman–Crippen LogP) is 0.568. The molecule has 2 aromatic rings. The third-order valence-corrected chi connectivity index (χ3v) is 3.56. The van der Waals surface area contributed by atoms with Crippen LogP contribution in [0.1, 0.15) is 5.56 Å². The normalized spacial score (nSPS) is 10.3. The van der Waals surface area contributed by atoms with Crippen LogP contribution >= 0.6 is 11.8 Å². The van der Waals surface area contributed by atoms with Crippen LogP contribution in [-0.4, -0.2) is 46.0 Å². The molecule has 1 amide bonds. The number of thioether (sulfide) groups is 1. The molecule has 7 nitrogen and oxygen atoms in total. The maximum Gasteiger partial charge on any atom is 0.230 e. The van der Waals surface area contributed by atoms with Gasteiger partial charge in [-0.25, -0.2) is 4.68 Å². The monoisotopic (exact) mass is 293 g/mol. The number of tetrazole rings is 1. The van der Waals surface area contributed by atoms with Gasteiger partial charge in [-0.2, -0.15) is 0 Å². The van der Waals surface area contributed by atoms with Crippen molar-refractivity contribution in [3.8, 4) is 5.75 Å². The third-order valence-electron chi connectivity index (χ3n) is 2.60. The standard InChI is InChI=1S/C12H15N5O2S/c1-13-11(18)8-20-12-14-15-16-17(12)7-9-3-5-10(19-2)6-4-9/h3-6H,7-8H2,1-2H3,(H,13,18). The maximum absolute atomic E-state index is 11.2. The molecule has 0 spiro atoms. The predicted molar refractivity (Wildman–Crippen MR) is 74.7 cm³/mol. The first kappa shape index (κ1) is 14.3. The van der Waals surface area contributed by atoms with Crippen LogP contribution in [0.15, 0.2) is 29.4 Å². The van der Waals surface area contributed by atoms with Crippen LogP contribution in [0.2, 0.25) is 0 Å². The van der Waals surface area contributed by atoms with Crippen LogP contribution < -0.4 is 10.1 Å². The minimum absolute atomic E-state index is 0.0611. The summed E-state index contributed by atoms with van der Waals surface area (Å²) in [6.45, 7) is 0.549. The van der Waals surface area contributed by atoms with E-state index in [2.05, 4.69) is 20.8 Å². The SMILES string of the molecule is CNC(=O)CSc1nnnn1Cc1ccc(OC)cc1. The summed E-state index contributed by atoms with van der Waals surface area (Å²) in [5.41, 5.74) is 1.06. The first-order valence-electron chi connectivity index (χ1n) is 5.95. The van der Waals surface area contributed by atoms with E-state index in [1.165, 1.54) is 11.8 Å². The van der Waals surface area contributed by atoms with Gasteiger partial charge in [0.15, 0.2) is 0 Å². The van der Waals surface area contributed by atoms with Gasteiger partial charge in [-0.3, -0.25) is 4.79 Å². The molecule has 0 radical (unpaired) electrons. The maximum atomic E-state index is 11.2. The zero-order valence-corrected chi connectivity index (χ0v) is 12.1. The van der Waals surface area contributed by atoms with Gasteiger partial charge in [0, 0.05) is 7.05 Å². The lowest BCUT2D eigenvalue weighted by Gasteiger charge is -2.05. The number of nitrogens with one attached hydrogen (secondary N) is 1. The van der Waals surface area contributed by atoms with Crippen molar-refractivity contribution in [1.29, 1.82) is 0 Å². The fraction of sp³-hybridized carbons (Fsp3) is 0.333. The molecular weight excluding hydrogens is 278 g/mol. The van der Waals surface area contributed by atoms with Crippen LogP contribution in [-0.2, 0) is 11.3 Å². The van der Waals surface area contributed by atoms with Gasteiger partial charge in [-0.1, -0.05) is 23.9 Å². The van der Waals surface area contributed by atoms with E-state index >= 15 is 0 Å². The van der Waals surface area contributed by atoms with E-state index in [9.17, 15) is 4.79 Å². The fourth-order valence-corrected chi connectivity index (χ4v) is 2.25. The Bertz CT molecular complexity index is 569. The number of methoxy groups -OCH3 is 1. The molecule has 0 atom stereocenters. The van der Waals surface area contributed by atoms with E-state index in [4.69, 9.17) is 4.74 Å². The van der Waals surface area contributed by atoms with Crippen LogP contribution in [0.25, 0.3) is 0 Å². The molecule has 0 unspecified atom stereocenters. The molecule has 0 aliphatic rings. The lowest BCUT2D eigenvalue weighted by molar-refractivity contribution is -0.118. The molecule has 0 saturated carbocycles. The molecule has 1 N–H and O–H groups in total. The highest BCUT2D eigenvalue weighted by Crippen LogP contribution is 2.16. The topological polar surface area (TPSA) is 81.9 Å². The number of rotatable bonds is 6. The Hall–Kier alpha value is -2.09. The fourth-order valence-electron chi connectivity index (χ4n) is 1.51. The number of hydrogen-bond donors (Lipinski definition) is 1. The number of amides is 1. The Morgan fingerprint density at radius 2 is 2.15 bits per heavy atom. The summed E-state index contributed by atoms with van der Waals surface area (Å²) in [5, 5.41) is 14.7. The van der Waals surface area contributed by atoms with Crippen LogP contribution in [0.4, 0.5) is 0 Å². The first-order chi connectivity index (χ1) is 9.72. The third kappa shape index (κ3) is 3.70. The summed E-state index contributed by atoms with van der Waals surface area (Å²) in [7, 11) is 3.23. The second-order valence-electron chi connectivity index (χ2n) is 3.93. The van der Waals surface area contributed by atoms with Gasteiger partial charge in [0.05, 0.1) is 19.4 Å². The van der Waals surface area contributed by atoms with E-state index < -0.39 is 0 Å². The van der Waals surface area contributed by atoms with E-state index in [-0.39, 0.29) is 5.91 Å². The van der Waals surface area contributed by atoms with E-state index in [1.54, 1.807) is 18.8 Å². The van der Waals surface area contributed by atoms with Crippen molar-refractivity contribution in [3.63, 3.8) is 0 Å². The van der Waals surface area contributed by atoms with Crippen molar-refractivity contribution in [1.82, 2.24) is 25.5 Å². The highest BCUT2D eigenvalue weighted by Gasteiger charge is 2.09. The Labute approximate surface area is 120 Å². The van der Waals surface area contributed by atoms with Gasteiger partial charge in [0.25, 0.3) is 0 Å². The zero-order valence-electron chi connectivity index (χ0n) is 11.2. The van der Waals surface area contributed by atoms with Gasteiger partial charge in [-0.05, 0) is 28.1 Å². The smallest absolute Gasteiger partial charge is 0.230 e. The molecule has 0 aliphatic carbocycles. The Morgan fingerprint density at radius 1 is 1.40 bits per heavy atom. The average molecular weight is 293 g/mol. The molecule has 0 bridgehead atoms. The number of ether oxygens (including phenoxy) is 1. The molecule has 0 fully saturated rings. The molecule has 2 rings (SSSR count). The molecule has 20 heavy (non-hydrogen) atoms. The minimum atomic E-state index is -0.0611. The van der Waals surface area contributed by atoms with Gasteiger partial charge in [-0.15, -0.1) is 5.10 Å². The summed E-state index contributed by atoms with van der Waals surface area (Å²) < 4.78 is 6.77. The van der Waals surface area contributed by atoms with Crippen molar-refractivity contribution < 1.29 is 9.53 Å². The van der Waals surface area contributed by atoms with Crippen molar-refractivity contribution >= 4 is 17.7 Å². The lowest BCUT2D eigenvalue weighted by atomic mass is 10.2. The summed E-state index contributed by atoms with van der Waals surface area (Å²) in [6.07, 6.45) is 0. The van der Waals surface area contributed by atoms with Gasteiger partial charge in [0.2, 0.25) is 11.1 Å². The van der Waals surface area contributed by atoms with E-state index in [1.807, 2.05) is 24.3 Å². The van der Waals surface area contributed by atoms with Crippen molar-refractivity contribution in [3.05, 3.63) is 29.8 Å². The van der Waals surface area contributed by atoms with Crippen molar-refractivity contribution in [2.45, 2.75) is 11.7 Å². The van der Waals surface area contributed by atoms with Crippen molar-refractivity contribution in [2.24, 2.45) is 0 Å². The van der Waals surface area contributed by atoms with E-state index in [0.29, 0.717) is 17.5 Å². The first-order valence-corrected chi connectivity index (χ1v) is 6.94. The quantitative estimate of drug-likeness (QED) is 0.784. The minimum Gasteiger partial charge on any atom is -0.497 e. The Kier molecular flexibility index (Phi) is 4.94. The second-order valence-corrected chi connectivity index (χ2v) is 4.87. The Morgan fingerprint density at radius 3 is 2.80 bits per heavy atom. The molecular formula is C12H15N5O2S.